The lowest BCUT2D eigenvalue weighted by molar-refractivity contribution is -0.126. The highest BCUT2D eigenvalue weighted by atomic mass is 19.1. The molecule has 2 atom stereocenters. The van der Waals surface area contributed by atoms with Crippen LogP contribution in [0.5, 0.6) is 0 Å². The third kappa shape index (κ3) is 5.66. The molecule has 7 nitrogen and oxygen atoms in total. The Kier molecular flexibility index (Phi) is 7.10. The van der Waals surface area contributed by atoms with Crippen molar-refractivity contribution in [3.63, 3.8) is 0 Å². The number of ether oxygens (including phenoxy) is 1. The molecule has 1 aliphatic heterocycles. The smallest absolute Gasteiger partial charge is 0.411 e. The lowest BCUT2D eigenvalue weighted by Gasteiger charge is -2.25. The number of cyclic esters (lactones) is 1. The molecule has 3 aromatic carbocycles. The number of halogens is 1. The second-order valence-corrected chi connectivity index (χ2v) is 8.61. The van der Waals surface area contributed by atoms with E-state index < -0.39 is 24.1 Å². The first-order chi connectivity index (χ1) is 16.8. The fraction of sp³-hybridized carbons (Fsp3) is 0.222. The number of nitrogens with zero attached hydrogens (tertiary/aromatic N) is 1. The minimum absolute atomic E-state index is 0.110. The van der Waals surface area contributed by atoms with E-state index in [4.69, 9.17) is 4.74 Å². The van der Waals surface area contributed by atoms with Gasteiger partial charge in [-0.3, -0.25) is 14.5 Å². The zero-order valence-electron chi connectivity index (χ0n) is 19.4. The molecular formula is C27H26FN3O4. The second-order valence-electron chi connectivity index (χ2n) is 8.61. The molecule has 3 aromatic rings. The number of anilines is 1. The summed E-state index contributed by atoms with van der Waals surface area (Å²) in [6, 6.07) is 20.4. The van der Waals surface area contributed by atoms with Gasteiger partial charge in [-0.1, -0.05) is 42.5 Å². The van der Waals surface area contributed by atoms with E-state index in [1.807, 2.05) is 44.2 Å². The van der Waals surface area contributed by atoms with Crippen LogP contribution in [0.15, 0.2) is 78.9 Å². The van der Waals surface area contributed by atoms with Gasteiger partial charge in [-0.15, -0.1) is 0 Å². The Morgan fingerprint density at radius 2 is 1.63 bits per heavy atom. The minimum atomic E-state index is -0.857. The number of amides is 3. The van der Waals surface area contributed by atoms with Crippen molar-refractivity contribution >= 4 is 23.6 Å². The zero-order valence-corrected chi connectivity index (χ0v) is 19.4. The van der Waals surface area contributed by atoms with Crippen molar-refractivity contribution in [3.05, 3.63) is 101 Å². The van der Waals surface area contributed by atoms with Gasteiger partial charge >= 0.3 is 6.09 Å². The molecule has 1 aliphatic rings. The average molecular weight is 476 g/mol. The number of nitrogens with one attached hydrogen (secondary N) is 2. The van der Waals surface area contributed by atoms with Crippen molar-refractivity contribution in [1.82, 2.24) is 10.2 Å². The lowest BCUT2D eigenvalue weighted by atomic mass is 10.00. The largest absolute Gasteiger partial charge is 0.438 e. The standard InChI is InChI=1S/C27H26FN3O4/c1-17(2)29-26(33)23-24(35-27(34)31(23)16-18-6-4-3-5-7-18)19-10-14-22(15-11-19)30-25(32)20-8-12-21(28)13-9-20/h3-15,17,23-24H,16H2,1-2H3,(H,29,33)(H,30,32). The van der Waals surface area contributed by atoms with Crippen LogP contribution in [0, 0.1) is 5.82 Å². The van der Waals surface area contributed by atoms with Gasteiger partial charge in [0, 0.05) is 17.3 Å². The topological polar surface area (TPSA) is 87.7 Å². The van der Waals surface area contributed by atoms with Crippen molar-refractivity contribution < 1.29 is 23.5 Å². The summed E-state index contributed by atoms with van der Waals surface area (Å²) in [6.07, 6.45) is -1.39. The Balaban J connectivity index is 1.54. The molecule has 0 radical (unpaired) electrons. The normalized spacial score (nSPS) is 17.3. The fourth-order valence-corrected chi connectivity index (χ4v) is 3.92. The van der Waals surface area contributed by atoms with Gasteiger partial charge in [0.1, 0.15) is 5.82 Å². The Bertz CT molecular complexity index is 1200. The first-order valence-corrected chi connectivity index (χ1v) is 11.3. The van der Waals surface area contributed by atoms with Gasteiger partial charge in [-0.25, -0.2) is 9.18 Å². The molecule has 4 rings (SSSR count). The highest BCUT2D eigenvalue weighted by Crippen LogP contribution is 2.34. The van der Waals surface area contributed by atoms with Crippen LogP contribution in [0.4, 0.5) is 14.9 Å². The summed E-state index contributed by atoms with van der Waals surface area (Å²) in [5.74, 6) is -1.11. The quantitative estimate of drug-likeness (QED) is 0.520. The molecule has 0 bridgehead atoms. The first kappa shape index (κ1) is 23.9. The monoisotopic (exact) mass is 475 g/mol. The molecule has 2 N–H and O–H groups in total. The van der Waals surface area contributed by atoms with Crippen LogP contribution in [0.1, 0.15) is 41.4 Å². The van der Waals surface area contributed by atoms with Crippen LogP contribution in [-0.2, 0) is 16.1 Å². The van der Waals surface area contributed by atoms with E-state index in [1.54, 1.807) is 24.3 Å². The third-order valence-corrected chi connectivity index (χ3v) is 5.58. The third-order valence-electron chi connectivity index (χ3n) is 5.58. The molecule has 180 valence electrons. The molecule has 8 heteroatoms. The average Bonchev–Trinajstić information content (AvgIpc) is 3.16. The van der Waals surface area contributed by atoms with Crippen molar-refractivity contribution in [3.8, 4) is 0 Å². The van der Waals surface area contributed by atoms with Crippen molar-refractivity contribution in [2.24, 2.45) is 0 Å². The van der Waals surface area contributed by atoms with Crippen LogP contribution >= 0.6 is 0 Å². The number of rotatable bonds is 7. The zero-order chi connectivity index (χ0) is 24.9. The maximum absolute atomic E-state index is 13.1. The van der Waals surface area contributed by atoms with E-state index in [2.05, 4.69) is 10.6 Å². The Morgan fingerprint density at radius 1 is 0.971 bits per heavy atom. The molecule has 2 unspecified atom stereocenters. The molecule has 0 aromatic heterocycles. The van der Waals surface area contributed by atoms with E-state index >= 15 is 0 Å². The summed E-state index contributed by atoms with van der Waals surface area (Å²) in [6.45, 7) is 3.94. The molecule has 0 aliphatic carbocycles. The van der Waals surface area contributed by atoms with Crippen LogP contribution in [0.3, 0.4) is 0 Å². The summed E-state index contributed by atoms with van der Waals surface area (Å²) >= 11 is 0. The maximum atomic E-state index is 13.1. The van der Waals surface area contributed by atoms with Crippen molar-refractivity contribution in [2.75, 3.05) is 5.32 Å². The molecule has 3 amide bonds. The number of carbonyl (C=O) groups excluding carboxylic acids is 3. The van der Waals surface area contributed by atoms with E-state index in [-0.39, 0.29) is 24.4 Å². The van der Waals surface area contributed by atoms with Crippen molar-refractivity contribution in [1.29, 1.82) is 0 Å². The first-order valence-electron chi connectivity index (χ1n) is 11.3. The van der Waals surface area contributed by atoms with Gasteiger partial charge in [-0.2, -0.15) is 0 Å². The molecule has 1 heterocycles. The molecule has 1 saturated heterocycles. The van der Waals surface area contributed by atoms with E-state index in [0.29, 0.717) is 16.8 Å². The molecule has 1 fully saturated rings. The van der Waals surface area contributed by atoms with Crippen LogP contribution in [-0.4, -0.2) is 34.9 Å². The summed E-state index contributed by atoms with van der Waals surface area (Å²) in [5.41, 5.74) is 2.34. The minimum Gasteiger partial charge on any atom is -0.438 e. The number of carbonyl (C=O) groups is 3. The van der Waals surface area contributed by atoms with Crippen molar-refractivity contribution in [2.45, 2.75) is 38.6 Å². The van der Waals surface area contributed by atoms with Gasteiger partial charge in [0.25, 0.3) is 5.91 Å². The molecule has 0 saturated carbocycles. The van der Waals surface area contributed by atoms with Gasteiger partial charge in [0.2, 0.25) is 5.91 Å². The summed E-state index contributed by atoms with van der Waals surface area (Å²) in [7, 11) is 0. The SMILES string of the molecule is CC(C)NC(=O)C1C(c2ccc(NC(=O)c3ccc(F)cc3)cc2)OC(=O)N1Cc1ccccc1. The van der Waals surface area contributed by atoms with Gasteiger partial charge in [0.05, 0.1) is 6.54 Å². The number of hydrogen-bond donors (Lipinski definition) is 2. The predicted molar refractivity (Wildman–Crippen MR) is 129 cm³/mol. The lowest BCUT2D eigenvalue weighted by Crippen LogP contribution is -2.48. The molecular weight excluding hydrogens is 449 g/mol. The maximum Gasteiger partial charge on any atom is 0.411 e. The highest BCUT2D eigenvalue weighted by molar-refractivity contribution is 6.04. The predicted octanol–water partition coefficient (Wildman–Crippen LogP) is 4.66. The summed E-state index contributed by atoms with van der Waals surface area (Å²) in [4.78, 5) is 39.7. The molecule has 35 heavy (non-hydrogen) atoms. The molecule has 0 spiro atoms. The van der Waals surface area contributed by atoms with E-state index in [9.17, 15) is 18.8 Å². The number of hydrogen-bond acceptors (Lipinski definition) is 4. The highest BCUT2D eigenvalue weighted by Gasteiger charge is 2.47. The van der Waals surface area contributed by atoms with Gasteiger partial charge in [0.15, 0.2) is 12.1 Å². The fourth-order valence-electron chi connectivity index (χ4n) is 3.92. The summed E-state index contributed by atoms with van der Waals surface area (Å²) < 4.78 is 18.8. The van der Waals surface area contributed by atoms with Gasteiger partial charge < -0.3 is 15.4 Å². The Morgan fingerprint density at radius 3 is 2.26 bits per heavy atom. The van der Waals surface area contributed by atoms with E-state index in [1.165, 1.54) is 29.2 Å². The Hall–Kier alpha value is -4.20. The van der Waals surface area contributed by atoms with Crippen LogP contribution < -0.4 is 10.6 Å². The van der Waals surface area contributed by atoms with Gasteiger partial charge in [-0.05, 0) is 61.4 Å². The Labute approximate surface area is 202 Å². The summed E-state index contributed by atoms with van der Waals surface area (Å²) in [5, 5.41) is 5.63. The second kappa shape index (κ2) is 10.4. The van der Waals surface area contributed by atoms with Crippen LogP contribution in [0.25, 0.3) is 0 Å². The number of benzene rings is 3. The van der Waals surface area contributed by atoms with E-state index in [0.717, 1.165) is 5.56 Å². The van der Waals surface area contributed by atoms with Crippen LogP contribution in [0.2, 0.25) is 0 Å².